The minimum absolute atomic E-state index is 0.373. The maximum Gasteiger partial charge on any atom is 0.149 e. The quantitative estimate of drug-likeness (QED) is 0.744. The lowest BCUT2D eigenvalue weighted by molar-refractivity contribution is 0.490. The second-order valence-electron chi connectivity index (χ2n) is 4.57. The van der Waals surface area contributed by atoms with Crippen LogP contribution in [0.15, 0.2) is 6.33 Å². The van der Waals surface area contributed by atoms with E-state index in [1.54, 1.807) is 6.33 Å². The van der Waals surface area contributed by atoms with Crippen LogP contribution >= 0.6 is 0 Å². The van der Waals surface area contributed by atoms with E-state index >= 15 is 0 Å². The van der Waals surface area contributed by atoms with Crippen LogP contribution in [0, 0.1) is 0 Å². The van der Waals surface area contributed by atoms with Crippen molar-refractivity contribution in [1.82, 2.24) is 15.0 Å². The monoisotopic (exact) mass is 237 g/mol. The summed E-state index contributed by atoms with van der Waals surface area (Å²) in [4.78, 5) is 8.63. The third-order valence-corrected chi connectivity index (χ3v) is 2.33. The number of aromatic nitrogens is 2. The Labute approximate surface area is 104 Å². The zero-order valence-corrected chi connectivity index (χ0v) is 11.4. The summed E-state index contributed by atoms with van der Waals surface area (Å²) in [5, 5.41) is 5.23. The van der Waals surface area contributed by atoms with Gasteiger partial charge in [-0.2, -0.15) is 0 Å². The minimum atomic E-state index is 0.373. The Hall–Kier alpha value is -1.36. The van der Waals surface area contributed by atoms with Crippen LogP contribution in [0.2, 0.25) is 0 Å². The van der Waals surface area contributed by atoms with Crippen molar-refractivity contribution < 1.29 is 0 Å². The first kappa shape index (κ1) is 13.7. The van der Waals surface area contributed by atoms with Crippen molar-refractivity contribution in [3.05, 3.63) is 11.9 Å². The van der Waals surface area contributed by atoms with Crippen LogP contribution < -0.4 is 10.7 Å². The van der Waals surface area contributed by atoms with Gasteiger partial charge in [0.05, 0.1) is 0 Å². The van der Waals surface area contributed by atoms with E-state index in [1.165, 1.54) is 0 Å². The number of anilines is 2. The van der Waals surface area contributed by atoms with Gasteiger partial charge in [0.25, 0.3) is 0 Å². The van der Waals surface area contributed by atoms with Gasteiger partial charge >= 0.3 is 0 Å². The number of nitrogens with one attached hydrogen (secondary N) is 2. The number of hydrazine groups is 1. The van der Waals surface area contributed by atoms with Crippen molar-refractivity contribution in [2.45, 2.75) is 33.1 Å². The van der Waals surface area contributed by atoms with E-state index in [0.717, 1.165) is 30.2 Å². The molecule has 0 amide bonds. The van der Waals surface area contributed by atoms with Gasteiger partial charge in [-0.3, -0.25) is 0 Å². The fourth-order valence-electron chi connectivity index (χ4n) is 1.63. The predicted molar refractivity (Wildman–Crippen MR) is 72.2 cm³/mol. The van der Waals surface area contributed by atoms with E-state index in [0.29, 0.717) is 5.92 Å². The Morgan fingerprint density at radius 3 is 2.41 bits per heavy atom. The Kier molecular flexibility index (Phi) is 5.15. The summed E-state index contributed by atoms with van der Waals surface area (Å²) in [5.74, 6) is 2.18. The summed E-state index contributed by atoms with van der Waals surface area (Å²) in [6, 6.07) is 0. The Morgan fingerprint density at radius 2 is 1.88 bits per heavy atom. The van der Waals surface area contributed by atoms with E-state index in [9.17, 15) is 0 Å². The van der Waals surface area contributed by atoms with Gasteiger partial charge in [-0.25, -0.2) is 15.0 Å². The molecule has 5 heteroatoms. The molecule has 0 radical (unpaired) electrons. The highest BCUT2D eigenvalue weighted by Crippen LogP contribution is 2.28. The van der Waals surface area contributed by atoms with Gasteiger partial charge in [0.15, 0.2) is 0 Å². The van der Waals surface area contributed by atoms with Crippen molar-refractivity contribution in [3.63, 3.8) is 0 Å². The molecule has 0 spiro atoms. The van der Waals surface area contributed by atoms with Crippen LogP contribution in [0.3, 0.4) is 0 Å². The fraction of sp³-hybridized carbons (Fsp3) is 0.667. The fourth-order valence-corrected chi connectivity index (χ4v) is 1.63. The third-order valence-electron chi connectivity index (χ3n) is 2.33. The highest BCUT2D eigenvalue weighted by Gasteiger charge is 2.14. The third kappa shape index (κ3) is 3.85. The molecule has 0 aliphatic rings. The Balaban J connectivity index is 3.03. The van der Waals surface area contributed by atoms with Crippen LogP contribution in [-0.2, 0) is 0 Å². The standard InChI is InChI=1S/C12H23N5/c1-6-7-13-11-10(9(2)3)12(15-8-14-11)16-17(4)5/h8-9H,6-7H2,1-5H3,(H2,13,14,15,16). The van der Waals surface area contributed by atoms with Crippen molar-refractivity contribution >= 4 is 11.6 Å². The van der Waals surface area contributed by atoms with Gasteiger partial charge in [0, 0.05) is 26.2 Å². The average Bonchev–Trinajstić information content (AvgIpc) is 2.25. The molecule has 0 unspecified atom stereocenters. The number of nitrogens with zero attached hydrogens (tertiary/aromatic N) is 3. The van der Waals surface area contributed by atoms with Gasteiger partial charge in [-0.15, -0.1) is 0 Å². The first-order valence-electron chi connectivity index (χ1n) is 6.09. The molecule has 1 heterocycles. The molecule has 5 nitrogen and oxygen atoms in total. The molecule has 2 N–H and O–H groups in total. The molecule has 1 aromatic heterocycles. The Bertz CT molecular complexity index is 349. The molecule has 0 aliphatic carbocycles. The summed E-state index contributed by atoms with van der Waals surface area (Å²) in [6.45, 7) is 7.37. The van der Waals surface area contributed by atoms with E-state index in [-0.39, 0.29) is 0 Å². The largest absolute Gasteiger partial charge is 0.370 e. The van der Waals surface area contributed by atoms with Crippen molar-refractivity contribution in [2.75, 3.05) is 31.4 Å². The van der Waals surface area contributed by atoms with Crippen LogP contribution in [0.25, 0.3) is 0 Å². The lowest BCUT2D eigenvalue weighted by Gasteiger charge is -2.20. The van der Waals surface area contributed by atoms with Crippen molar-refractivity contribution in [2.24, 2.45) is 0 Å². The molecular weight excluding hydrogens is 214 g/mol. The van der Waals surface area contributed by atoms with Crippen LogP contribution in [-0.4, -0.2) is 35.6 Å². The SMILES string of the molecule is CCCNc1ncnc(NN(C)C)c1C(C)C. The first-order chi connectivity index (χ1) is 8.06. The smallest absolute Gasteiger partial charge is 0.149 e. The number of rotatable bonds is 6. The molecule has 0 fully saturated rings. The molecule has 0 saturated carbocycles. The van der Waals surface area contributed by atoms with Gasteiger partial charge in [0.2, 0.25) is 0 Å². The topological polar surface area (TPSA) is 53.1 Å². The van der Waals surface area contributed by atoms with Gasteiger partial charge in [-0.1, -0.05) is 20.8 Å². The summed E-state index contributed by atoms with van der Waals surface area (Å²) >= 11 is 0. The Morgan fingerprint density at radius 1 is 1.24 bits per heavy atom. The molecule has 0 saturated heterocycles. The highest BCUT2D eigenvalue weighted by molar-refractivity contribution is 5.58. The molecule has 0 atom stereocenters. The molecule has 96 valence electrons. The second kappa shape index (κ2) is 6.39. The highest BCUT2D eigenvalue weighted by atomic mass is 15.5. The molecule has 17 heavy (non-hydrogen) atoms. The van der Waals surface area contributed by atoms with Gasteiger partial charge in [-0.05, 0) is 12.3 Å². The maximum atomic E-state index is 4.32. The summed E-state index contributed by atoms with van der Waals surface area (Å²) < 4.78 is 0. The normalized spacial score (nSPS) is 11.0. The molecular formula is C12H23N5. The van der Waals surface area contributed by atoms with Gasteiger partial charge in [0.1, 0.15) is 18.0 Å². The van der Waals surface area contributed by atoms with E-state index in [2.05, 4.69) is 41.5 Å². The van der Waals surface area contributed by atoms with E-state index in [1.807, 2.05) is 19.1 Å². The number of hydrogen-bond acceptors (Lipinski definition) is 5. The molecule has 0 aliphatic heterocycles. The van der Waals surface area contributed by atoms with E-state index in [4.69, 9.17) is 0 Å². The average molecular weight is 237 g/mol. The minimum Gasteiger partial charge on any atom is -0.370 e. The maximum absolute atomic E-state index is 4.32. The van der Waals surface area contributed by atoms with Crippen LogP contribution in [0.1, 0.15) is 38.7 Å². The zero-order valence-electron chi connectivity index (χ0n) is 11.4. The first-order valence-corrected chi connectivity index (χ1v) is 6.09. The van der Waals surface area contributed by atoms with Crippen LogP contribution in [0.5, 0.6) is 0 Å². The molecule has 0 bridgehead atoms. The van der Waals surface area contributed by atoms with Crippen LogP contribution in [0.4, 0.5) is 11.6 Å². The zero-order chi connectivity index (χ0) is 12.8. The second-order valence-corrected chi connectivity index (χ2v) is 4.57. The molecule has 1 rings (SSSR count). The summed E-state index contributed by atoms with van der Waals surface area (Å²) in [6.07, 6.45) is 2.67. The van der Waals surface area contributed by atoms with Gasteiger partial charge < -0.3 is 10.7 Å². The molecule has 1 aromatic rings. The lowest BCUT2D eigenvalue weighted by atomic mass is 10.0. The summed E-state index contributed by atoms with van der Waals surface area (Å²) in [7, 11) is 3.90. The predicted octanol–water partition coefficient (Wildman–Crippen LogP) is 2.31. The lowest BCUT2D eigenvalue weighted by Crippen LogP contribution is -2.22. The number of hydrogen-bond donors (Lipinski definition) is 2. The van der Waals surface area contributed by atoms with Crippen molar-refractivity contribution in [3.8, 4) is 0 Å². The summed E-state index contributed by atoms with van der Waals surface area (Å²) in [5.41, 5.74) is 4.35. The van der Waals surface area contributed by atoms with Crippen molar-refractivity contribution in [1.29, 1.82) is 0 Å². The molecule has 0 aromatic carbocycles. The van der Waals surface area contributed by atoms with E-state index < -0.39 is 0 Å².